The first-order chi connectivity index (χ1) is 14.4. The Hall–Kier alpha value is -2.71. The zero-order valence-electron chi connectivity index (χ0n) is 16.9. The van der Waals surface area contributed by atoms with Gasteiger partial charge in [0.05, 0.1) is 17.4 Å². The van der Waals surface area contributed by atoms with E-state index < -0.39 is 10.0 Å². The Morgan fingerprint density at radius 1 is 1.10 bits per heavy atom. The Labute approximate surface area is 177 Å². The Morgan fingerprint density at radius 3 is 2.47 bits per heavy atom. The van der Waals surface area contributed by atoms with E-state index in [1.54, 1.807) is 54.3 Å². The van der Waals surface area contributed by atoms with Crippen molar-refractivity contribution >= 4 is 21.9 Å². The number of esters is 1. The summed E-state index contributed by atoms with van der Waals surface area (Å²) in [5, 5.41) is 0. The fourth-order valence-electron chi connectivity index (χ4n) is 3.42. The maximum absolute atomic E-state index is 12.8. The van der Waals surface area contributed by atoms with Crippen LogP contribution in [0, 0.1) is 5.92 Å². The number of carbonyl (C=O) groups excluding carboxylic acids is 2. The van der Waals surface area contributed by atoms with Crippen LogP contribution in [0.2, 0.25) is 0 Å². The van der Waals surface area contributed by atoms with Crippen LogP contribution in [0.5, 0.6) is 0 Å². The van der Waals surface area contributed by atoms with E-state index in [2.05, 4.69) is 4.72 Å². The van der Waals surface area contributed by atoms with Crippen molar-refractivity contribution < 1.29 is 22.7 Å². The highest BCUT2D eigenvalue weighted by Crippen LogP contribution is 2.20. The third-order valence-corrected chi connectivity index (χ3v) is 6.47. The van der Waals surface area contributed by atoms with E-state index in [1.807, 2.05) is 0 Å². The van der Waals surface area contributed by atoms with Gasteiger partial charge in [-0.25, -0.2) is 13.1 Å². The van der Waals surface area contributed by atoms with Gasteiger partial charge in [0, 0.05) is 25.2 Å². The molecular weight excluding hydrogens is 404 g/mol. The van der Waals surface area contributed by atoms with Crippen LogP contribution in [0.3, 0.4) is 0 Å². The number of hydrogen-bond donors (Lipinski definition) is 1. The van der Waals surface area contributed by atoms with E-state index in [9.17, 15) is 18.0 Å². The minimum Gasteiger partial charge on any atom is -0.466 e. The van der Waals surface area contributed by atoms with Crippen molar-refractivity contribution in [3.05, 3.63) is 65.7 Å². The molecule has 1 amide bonds. The van der Waals surface area contributed by atoms with E-state index in [4.69, 9.17) is 4.74 Å². The molecule has 0 bridgehead atoms. The second kappa shape index (κ2) is 9.86. The molecule has 1 N–H and O–H groups in total. The van der Waals surface area contributed by atoms with Crippen molar-refractivity contribution in [1.29, 1.82) is 0 Å². The highest BCUT2D eigenvalue weighted by molar-refractivity contribution is 7.89. The van der Waals surface area contributed by atoms with E-state index in [1.165, 1.54) is 12.1 Å². The van der Waals surface area contributed by atoms with E-state index in [-0.39, 0.29) is 29.2 Å². The SMILES string of the molecule is CCOC(=O)[C@H]1CCCN(C(=O)c2ccc(CNS(=O)(=O)c3ccccc3)cc2)C1. The molecule has 8 heteroatoms. The molecule has 3 rings (SSSR count). The number of piperidine rings is 1. The molecule has 160 valence electrons. The average molecular weight is 431 g/mol. The Kier molecular flexibility index (Phi) is 7.23. The Morgan fingerprint density at radius 2 is 1.80 bits per heavy atom. The van der Waals surface area contributed by atoms with Gasteiger partial charge in [-0.3, -0.25) is 9.59 Å². The van der Waals surface area contributed by atoms with Gasteiger partial charge in [0.2, 0.25) is 10.0 Å². The number of sulfonamides is 1. The van der Waals surface area contributed by atoms with Crippen molar-refractivity contribution in [3.8, 4) is 0 Å². The lowest BCUT2D eigenvalue weighted by Crippen LogP contribution is -2.42. The fourth-order valence-corrected chi connectivity index (χ4v) is 4.46. The molecule has 1 aliphatic heterocycles. The summed E-state index contributed by atoms with van der Waals surface area (Å²) in [6.45, 7) is 3.19. The molecule has 0 spiro atoms. The smallest absolute Gasteiger partial charge is 0.310 e. The van der Waals surface area contributed by atoms with E-state index in [0.717, 1.165) is 18.4 Å². The molecular formula is C22H26N2O5S. The monoisotopic (exact) mass is 430 g/mol. The average Bonchev–Trinajstić information content (AvgIpc) is 2.78. The van der Waals surface area contributed by atoms with Gasteiger partial charge < -0.3 is 9.64 Å². The highest BCUT2D eigenvalue weighted by atomic mass is 32.2. The first-order valence-electron chi connectivity index (χ1n) is 10.0. The lowest BCUT2D eigenvalue weighted by Gasteiger charge is -2.31. The first-order valence-corrected chi connectivity index (χ1v) is 11.5. The third-order valence-electron chi connectivity index (χ3n) is 5.05. The minimum absolute atomic E-state index is 0.125. The number of nitrogens with zero attached hydrogens (tertiary/aromatic N) is 1. The fraction of sp³-hybridized carbons (Fsp3) is 0.364. The summed E-state index contributed by atoms with van der Waals surface area (Å²) < 4.78 is 32.3. The van der Waals surface area contributed by atoms with Gasteiger partial charge in [0.15, 0.2) is 0 Å². The van der Waals surface area contributed by atoms with Crippen molar-refractivity contribution in [2.45, 2.75) is 31.2 Å². The van der Waals surface area contributed by atoms with Gasteiger partial charge in [0.1, 0.15) is 0 Å². The summed E-state index contributed by atoms with van der Waals surface area (Å²) in [6.07, 6.45) is 1.48. The number of rotatable bonds is 7. The number of carbonyl (C=O) groups is 2. The van der Waals surface area contributed by atoms with Gasteiger partial charge in [0.25, 0.3) is 5.91 Å². The molecule has 2 aromatic carbocycles. The molecule has 0 unspecified atom stereocenters. The second-order valence-electron chi connectivity index (χ2n) is 7.18. The Bertz CT molecular complexity index is 974. The van der Waals surface area contributed by atoms with Gasteiger partial charge in [-0.15, -0.1) is 0 Å². The quantitative estimate of drug-likeness (QED) is 0.682. The van der Waals surface area contributed by atoms with E-state index in [0.29, 0.717) is 25.3 Å². The molecule has 7 nitrogen and oxygen atoms in total. The summed E-state index contributed by atoms with van der Waals surface area (Å²) in [7, 11) is -3.59. The summed E-state index contributed by atoms with van der Waals surface area (Å²) in [4.78, 5) is 26.7. The van der Waals surface area contributed by atoms with Crippen LogP contribution in [0.25, 0.3) is 0 Å². The molecule has 30 heavy (non-hydrogen) atoms. The molecule has 0 aliphatic carbocycles. The minimum atomic E-state index is -3.59. The topological polar surface area (TPSA) is 92.8 Å². The van der Waals surface area contributed by atoms with Gasteiger partial charge in [-0.05, 0) is 49.6 Å². The number of amides is 1. The Balaban J connectivity index is 1.60. The normalized spacial score (nSPS) is 16.8. The van der Waals surface area contributed by atoms with Crippen molar-refractivity contribution in [2.75, 3.05) is 19.7 Å². The number of hydrogen-bond acceptors (Lipinski definition) is 5. The van der Waals surface area contributed by atoms with Crippen LogP contribution in [0.4, 0.5) is 0 Å². The molecule has 1 saturated heterocycles. The van der Waals surface area contributed by atoms with Gasteiger partial charge in [-0.2, -0.15) is 0 Å². The van der Waals surface area contributed by atoms with Crippen LogP contribution < -0.4 is 4.72 Å². The predicted octanol–water partition coefficient (Wildman–Crippen LogP) is 2.58. The number of benzene rings is 2. The zero-order valence-corrected chi connectivity index (χ0v) is 17.7. The van der Waals surface area contributed by atoms with Crippen LogP contribution >= 0.6 is 0 Å². The van der Waals surface area contributed by atoms with E-state index >= 15 is 0 Å². The number of likely N-dealkylation sites (tertiary alicyclic amines) is 1. The van der Waals surface area contributed by atoms with Gasteiger partial charge in [-0.1, -0.05) is 30.3 Å². The molecule has 1 atom stereocenters. The summed E-state index contributed by atoms with van der Waals surface area (Å²) in [6, 6.07) is 15.0. The lowest BCUT2D eigenvalue weighted by molar-refractivity contribution is -0.149. The van der Waals surface area contributed by atoms with Crippen molar-refractivity contribution in [1.82, 2.24) is 9.62 Å². The molecule has 1 heterocycles. The van der Waals surface area contributed by atoms with Gasteiger partial charge >= 0.3 is 5.97 Å². The highest BCUT2D eigenvalue weighted by Gasteiger charge is 2.29. The molecule has 0 radical (unpaired) electrons. The second-order valence-corrected chi connectivity index (χ2v) is 8.94. The summed E-state index contributed by atoms with van der Waals surface area (Å²) in [5.74, 6) is -0.675. The summed E-state index contributed by atoms with van der Waals surface area (Å²) in [5.41, 5.74) is 1.25. The number of ether oxygens (including phenoxy) is 1. The molecule has 2 aromatic rings. The molecule has 0 aromatic heterocycles. The summed E-state index contributed by atoms with van der Waals surface area (Å²) >= 11 is 0. The van der Waals surface area contributed by atoms with Crippen LogP contribution in [-0.2, 0) is 26.1 Å². The van der Waals surface area contributed by atoms with Crippen molar-refractivity contribution in [3.63, 3.8) is 0 Å². The predicted molar refractivity (Wildman–Crippen MR) is 112 cm³/mol. The maximum atomic E-state index is 12.8. The molecule has 1 aliphatic rings. The molecule has 1 fully saturated rings. The zero-order chi connectivity index (χ0) is 21.6. The maximum Gasteiger partial charge on any atom is 0.310 e. The standard InChI is InChI=1S/C22H26N2O5S/c1-2-29-22(26)19-7-6-14-24(16-19)21(25)18-12-10-17(11-13-18)15-23-30(27,28)20-8-4-3-5-9-20/h3-5,8-13,19,23H,2,6-7,14-16H2,1H3/t19-/m0/s1. The van der Waals surface area contributed by atoms with Crippen LogP contribution in [-0.4, -0.2) is 44.9 Å². The number of nitrogens with one attached hydrogen (secondary N) is 1. The van der Waals surface area contributed by atoms with Crippen LogP contribution in [0.15, 0.2) is 59.5 Å². The van der Waals surface area contributed by atoms with Crippen LogP contribution in [0.1, 0.15) is 35.7 Å². The molecule has 0 saturated carbocycles. The largest absolute Gasteiger partial charge is 0.466 e. The first kappa shape index (κ1) is 22.0. The third kappa shape index (κ3) is 5.46. The van der Waals surface area contributed by atoms with Crippen molar-refractivity contribution in [2.24, 2.45) is 5.92 Å². The lowest BCUT2D eigenvalue weighted by atomic mass is 9.97.